The van der Waals surface area contributed by atoms with E-state index in [-0.39, 0.29) is 12.1 Å². The fraction of sp³-hybridized carbons (Fsp3) is 0.571. The molecule has 0 radical (unpaired) electrons. The number of hydrogen-bond acceptors (Lipinski definition) is 2. The Kier molecular flexibility index (Phi) is 4.97. The molecule has 90 valence electrons. The first-order valence-electron chi connectivity index (χ1n) is 6.06. The Morgan fingerprint density at radius 1 is 1.06 bits per heavy atom. The quantitative estimate of drug-likeness (QED) is 0.801. The summed E-state index contributed by atoms with van der Waals surface area (Å²) in [6.45, 7) is 6.24. The van der Waals surface area contributed by atoms with Crippen molar-refractivity contribution in [1.82, 2.24) is 0 Å². The monoisotopic (exact) mass is 220 g/mol. The molecule has 0 saturated heterocycles. The van der Waals surface area contributed by atoms with Gasteiger partial charge >= 0.3 is 0 Å². The summed E-state index contributed by atoms with van der Waals surface area (Å²) in [7, 11) is 0. The molecule has 2 atom stereocenters. The van der Waals surface area contributed by atoms with Crippen molar-refractivity contribution in [3.05, 3.63) is 35.4 Å². The van der Waals surface area contributed by atoms with Gasteiger partial charge in [0.2, 0.25) is 0 Å². The number of aryl methyl sites for hydroxylation is 1. The summed E-state index contributed by atoms with van der Waals surface area (Å²) < 4.78 is 0. The molecule has 2 heteroatoms. The zero-order chi connectivity index (χ0) is 12.1. The molecule has 0 aliphatic rings. The van der Waals surface area contributed by atoms with Gasteiger partial charge in [0.05, 0.1) is 0 Å². The van der Waals surface area contributed by atoms with Gasteiger partial charge < -0.3 is 11.5 Å². The van der Waals surface area contributed by atoms with E-state index in [1.165, 1.54) is 11.1 Å². The Morgan fingerprint density at radius 3 is 2.06 bits per heavy atom. The molecule has 4 N–H and O–H groups in total. The van der Waals surface area contributed by atoms with E-state index in [4.69, 9.17) is 11.5 Å². The van der Waals surface area contributed by atoms with E-state index in [2.05, 4.69) is 45.0 Å². The van der Waals surface area contributed by atoms with Gasteiger partial charge in [-0.25, -0.2) is 0 Å². The van der Waals surface area contributed by atoms with Gasteiger partial charge in [-0.15, -0.1) is 0 Å². The Labute approximate surface area is 99.0 Å². The first kappa shape index (κ1) is 13.2. The molecule has 0 fully saturated rings. The molecule has 2 unspecified atom stereocenters. The lowest BCUT2D eigenvalue weighted by atomic mass is 9.87. The van der Waals surface area contributed by atoms with Crippen LogP contribution in [0.3, 0.4) is 0 Å². The predicted octanol–water partition coefficient (Wildman–Crippen LogP) is 2.55. The fourth-order valence-corrected chi connectivity index (χ4v) is 2.19. The molecule has 0 bridgehead atoms. The zero-order valence-electron chi connectivity index (χ0n) is 10.6. The lowest BCUT2D eigenvalue weighted by Crippen LogP contribution is -2.24. The predicted molar refractivity (Wildman–Crippen MR) is 70.5 cm³/mol. The Balaban J connectivity index is 2.82. The van der Waals surface area contributed by atoms with Crippen LogP contribution in [0.1, 0.15) is 43.7 Å². The highest BCUT2D eigenvalue weighted by molar-refractivity contribution is 5.25. The molecule has 0 amide bonds. The van der Waals surface area contributed by atoms with Gasteiger partial charge in [-0.05, 0) is 45.1 Å². The third kappa shape index (κ3) is 4.33. The maximum absolute atomic E-state index is 5.90. The molecule has 1 rings (SSSR count). The van der Waals surface area contributed by atoms with Gasteiger partial charge in [-0.2, -0.15) is 0 Å². The Morgan fingerprint density at radius 2 is 1.62 bits per heavy atom. The van der Waals surface area contributed by atoms with Gasteiger partial charge in [0.1, 0.15) is 0 Å². The first-order valence-corrected chi connectivity index (χ1v) is 6.06. The molecule has 0 aromatic heterocycles. The van der Waals surface area contributed by atoms with Gasteiger partial charge in [0, 0.05) is 12.1 Å². The van der Waals surface area contributed by atoms with Crippen molar-refractivity contribution in [2.24, 2.45) is 11.5 Å². The molecule has 0 aliphatic heterocycles. The van der Waals surface area contributed by atoms with Crippen LogP contribution in [0.5, 0.6) is 0 Å². The van der Waals surface area contributed by atoms with Crippen LogP contribution in [0.25, 0.3) is 0 Å². The van der Waals surface area contributed by atoms with E-state index in [9.17, 15) is 0 Å². The van der Waals surface area contributed by atoms with Crippen LogP contribution in [0.15, 0.2) is 24.3 Å². The average Bonchev–Trinajstić information content (AvgIpc) is 2.15. The highest BCUT2D eigenvalue weighted by Gasteiger charge is 2.15. The van der Waals surface area contributed by atoms with Crippen LogP contribution in [-0.4, -0.2) is 12.1 Å². The van der Waals surface area contributed by atoms with Crippen LogP contribution in [0.2, 0.25) is 0 Å². The number of hydrogen-bond donors (Lipinski definition) is 2. The first-order chi connectivity index (χ1) is 7.49. The van der Waals surface area contributed by atoms with Gasteiger partial charge in [-0.1, -0.05) is 29.8 Å². The van der Waals surface area contributed by atoms with Gasteiger partial charge in [-0.3, -0.25) is 0 Å². The van der Waals surface area contributed by atoms with E-state index >= 15 is 0 Å². The van der Waals surface area contributed by atoms with E-state index < -0.39 is 0 Å². The minimum absolute atomic E-state index is 0.226. The maximum atomic E-state index is 5.90. The van der Waals surface area contributed by atoms with Gasteiger partial charge in [0.25, 0.3) is 0 Å². The second kappa shape index (κ2) is 6.02. The Bertz CT molecular complexity index is 308. The molecule has 16 heavy (non-hydrogen) atoms. The Hall–Kier alpha value is -0.860. The molecule has 2 nitrogen and oxygen atoms in total. The van der Waals surface area contributed by atoms with Crippen LogP contribution < -0.4 is 11.5 Å². The van der Waals surface area contributed by atoms with Crippen molar-refractivity contribution < 1.29 is 0 Å². The standard InChI is InChI=1S/C14H24N2/c1-10-5-4-6-13(7-10)14(8-11(2)15)9-12(3)16/h4-7,11-12,14H,8-9,15-16H2,1-3H3. The van der Waals surface area contributed by atoms with Crippen molar-refractivity contribution in [2.75, 3.05) is 0 Å². The highest BCUT2D eigenvalue weighted by Crippen LogP contribution is 2.26. The summed E-state index contributed by atoms with van der Waals surface area (Å²) in [6, 6.07) is 9.12. The third-order valence-corrected chi connectivity index (χ3v) is 2.83. The highest BCUT2D eigenvalue weighted by atomic mass is 14.6. The van der Waals surface area contributed by atoms with Crippen molar-refractivity contribution >= 4 is 0 Å². The summed E-state index contributed by atoms with van der Waals surface area (Å²) in [4.78, 5) is 0. The SMILES string of the molecule is Cc1cccc(C(CC(C)N)CC(C)N)c1. The van der Waals surface area contributed by atoms with Gasteiger partial charge in [0.15, 0.2) is 0 Å². The van der Waals surface area contributed by atoms with E-state index in [1.807, 2.05) is 0 Å². The minimum Gasteiger partial charge on any atom is -0.328 e. The molecular formula is C14H24N2. The number of nitrogens with two attached hydrogens (primary N) is 2. The fourth-order valence-electron chi connectivity index (χ4n) is 2.19. The van der Waals surface area contributed by atoms with Crippen LogP contribution in [0, 0.1) is 6.92 Å². The zero-order valence-corrected chi connectivity index (χ0v) is 10.6. The van der Waals surface area contributed by atoms with E-state index in [1.54, 1.807) is 0 Å². The summed E-state index contributed by atoms with van der Waals surface area (Å²) in [5, 5.41) is 0. The smallest absolute Gasteiger partial charge is 0.00163 e. The largest absolute Gasteiger partial charge is 0.328 e. The van der Waals surface area contributed by atoms with E-state index in [0.29, 0.717) is 5.92 Å². The minimum atomic E-state index is 0.226. The summed E-state index contributed by atoms with van der Waals surface area (Å²) in [5.41, 5.74) is 14.5. The van der Waals surface area contributed by atoms with Crippen molar-refractivity contribution in [2.45, 2.75) is 51.6 Å². The normalized spacial score (nSPS) is 16.8. The maximum Gasteiger partial charge on any atom is 0.00163 e. The molecular weight excluding hydrogens is 196 g/mol. The second-order valence-electron chi connectivity index (χ2n) is 5.04. The second-order valence-corrected chi connectivity index (χ2v) is 5.04. The van der Waals surface area contributed by atoms with Crippen LogP contribution in [0.4, 0.5) is 0 Å². The lowest BCUT2D eigenvalue weighted by molar-refractivity contribution is 0.486. The lowest BCUT2D eigenvalue weighted by Gasteiger charge is -2.21. The molecule has 0 heterocycles. The number of benzene rings is 1. The summed E-state index contributed by atoms with van der Waals surface area (Å²) >= 11 is 0. The number of rotatable bonds is 5. The summed E-state index contributed by atoms with van der Waals surface area (Å²) in [6.07, 6.45) is 2.01. The van der Waals surface area contributed by atoms with Crippen LogP contribution >= 0.6 is 0 Å². The summed E-state index contributed by atoms with van der Waals surface area (Å²) in [5.74, 6) is 0.486. The van der Waals surface area contributed by atoms with Crippen molar-refractivity contribution in [1.29, 1.82) is 0 Å². The molecule has 0 saturated carbocycles. The van der Waals surface area contributed by atoms with Crippen molar-refractivity contribution in [3.63, 3.8) is 0 Å². The third-order valence-electron chi connectivity index (χ3n) is 2.83. The average molecular weight is 220 g/mol. The molecule has 1 aromatic rings. The van der Waals surface area contributed by atoms with Crippen molar-refractivity contribution in [3.8, 4) is 0 Å². The molecule has 0 spiro atoms. The van der Waals surface area contributed by atoms with E-state index in [0.717, 1.165) is 12.8 Å². The van der Waals surface area contributed by atoms with Crippen LogP contribution in [-0.2, 0) is 0 Å². The molecule has 0 aliphatic carbocycles. The topological polar surface area (TPSA) is 52.0 Å². The molecule has 1 aromatic carbocycles.